The maximum atomic E-state index is 12.8. The molecule has 0 unspecified atom stereocenters. The highest BCUT2D eigenvalue weighted by molar-refractivity contribution is 5.76. The average Bonchev–Trinajstić information content (AvgIpc) is 2.54. The predicted octanol–water partition coefficient (Wildman–Crippen LogP) is 4.07. The van der Waals surface area contributed by atoms with Crippen LogP contribution in [0.15, 0.2) is 60.8 Å². The van der Waals surface area contributed by atoms with Crippen molar-refractivity contribution in [2.75, 3.05) is 0 Å². The van der Waals surface area contributed by atoms with Crippen LogP contribution in [-0.2, 0) is 12.7 Å². The molecule has 2 aromatic carbocycles. The molecule has 2 nitrogen and oxygen atoms in total. The second-order valence-corrected chi connectivity index (χ2v) is 5.23. The molecule has 0 amide bonds. The predicted molar refractivity (Wildman–Crippen MR) is 79.4 cm³/mol. The van der Waals surface area contributed by atoms with E-state index in [0.29, 0.717) is 11.1 Å². The number of alkyl halides is 3. The van der Waals surface area contributed by atoms with Crippen molar-refractivity contribution < 1.29 is 17.7 Å². The minimum absolute atomic E-state index is 0.264. The highest BCUT2D eigenvalue weighted by Crippen LogP contribution is 2.29. The largest absolute Gasteiger partial charge is 0.416 e. The molecular formula is C18H12F3N2+. The van der Waals surface area contributed by atoms with Gasteiger partial charge in [0.1, 0.15) is 11.6 Å². The maximum absolute atomic E-state index is 12.8. The lowest BCUT2D eigenvalue weighted by Crippen LogP contribution is -2.35. The summed E-state index contributed by atoms with van der Waals surface area (Å²) in [5, 5.41) is 10.00. The van der Waals surface area contributed by atoms with Crippen LogP contribution in [0.2, 0.25) is 0 Å². The summed E-state index contributed by atoms with van der Waals surface area (Å²) in [4.78, 5) is 0. The van der Waals surface area contributed by atoms with E-state index >= 15 is 0 Å². The standard InChI is InChI=1S/C18H12F3N2/c19-18(20,21)16-6-3-4-13(9-16)11-23-12-14(10-22)8-15-5-1-2-7-17(15)23/h1-9,12H,11H2/q+1. The van der Waals surface area contributed by atoms with Crippen LogP contribution in [-0.4, -0.2) is 0 Å². The van der Waals surface area contributed by atoms with Gasteiger partial charge in [0.2, 0.25) is 5.52 Å². The van der Waals surface area contributed by atoms with E-state index in [2.05, 4.69) is 6.07 Å². The third kappa shape index (κ3) is 3.16. The molecule has 0 spiro atoms. The molecule has 0 aliphatic rings. The number of fused-ring (bicyclic) bond motifs is 1. The first kappa shape index (κ1) is 15.0. The minimum Gasteiger partial charge on any atom is -0.193 e. The van der Waals surface area contributed by atoms with Gasteiger partial charge in [-0.1, -0.05) is 24.3 Å². The van der Waals surface area contributed by atoms with Crippen LogP contribution in [0.5, 0.6) is 0 Å². The normalized spacial score (nSPS) is 11.4. The molecule has 0 radical (unpaired) electrons. The van der Waals surface area contributed by atoms with Crippen LogP contribution in [0.4, 0.5) is 13.2 Å². The quantitative estimate of drug-likeness (QED) is 0.655. The van der Waals surface area contributed by atoms with E-state index in [-0.39, 0.29) is 6.54 Å². The molecule has 1 aromatic heterocycles. The fourth-order valence-electron chi connectivity index (χ4n) is 2.55. The topological polar surface area (TPSA) is 27.7 Å². The number of halogens is 3. The van der Waals surface area contributed by atoms with Crippen molar-refractivity contribution in [2.45, 2.75) is 12.7 Å². The Bertz CT molecular complexity index is 908. The second kappa shape index (κ2) is 5.73. The van der Waals surface area contributed by atoms with E-state index in [9.17, 15) is 13.2 Å². The monoisotopic (exact) mass is 313 g/mol. The summed E-state index contributed by atoms with van der Waals surface area (Å²) in [5.74, 6) is 0. The zero-order chi connectivity index (χ0) is 16.4. The summed E-state index contributed by atoms with van der Waals surface area (Å²) in [5.41, 5.74) is 1.20. The number of nitrogens with zero attached hydrogens (tertiary/aromatic N) is 2. The van der Waals surface area contributed by atoms with Gasteiger partial charge in [0.25, 0.3) is 0 Å². The number of pyridine rings is 1. The molecule has 5 heteroatoms. The van der Waals surface area contributed by atoms with Crippen molar-refractivity contribution in [3.63, 3.8) is 0 Å². The van der Waals surface area contributed by atoms with Crippen molar-refractivity contribution in [1.29, 1.82) is 5.26 Å². The Kier molecular flexibility index (Phi) is 3.75. The van der Waals surface area contributed by atoms with Gasteiger partial charge in [0.05, 0.1) is 5.56 Å². The second-order valence-electron chi connectivity index (χ2n) is 5.23. The number of benzene rings is 2. The Labute approximate surface area is 131 Å². The van der Waals surface area contributed by atoms with E-state index in [1.54, 1.807) is 22.9 Å². The first-order valence-corrected chi connectivity index (χ1v) is 6.96. The van der Waals surface area contributed by atoms with Gasteiger partial charge in [-0.15, -0.1) is 0 Å². The molecule has 0 saturated carbocycles. The Hall–Kier alpha value is -2.87. The zero-order valence-electron chi connectivity index (χ0n) is 12.0. The molecule has 0 saturated heterocycles. The molecule has 3 rings (SSSR count). The van der Waals surface area contributed by atoms with Crippen LogP contribution in [0.1, 0.15) is 16.7 Å². The number of para-hydroxylation sites is 1. The van der Waals surface area contributed by atoms with Crippen LogP contribution >= 0.6 is 0 Å². The Morgan fingerprint density at radius 2 is 1.78 bits per heavy atom. The SMILES string of the molecule is N#Cc1cc2ccccc2[n+](Cc2cccc(C(F)(F)F)c2)c1. The van der Waals surface area contributed by atoms with Gasteiger partial charge in [-0.2, -0.15) is 23.0 Å². The molecule has 0 bridgehead atoms. The molecule has 3 aromatic rings. The highest BCUT2D eigenvalue weighted by atomic mass is 19.4. The minimum atomic E-state index is -4.36. The van der Waals surface area contributed by atoms with E-state index in [1.165, 1.54) is 6.07 Å². The lowest BCUT2D eigenvalue weighted by atomic mass is 10.1. The van der Waals surface area contributed by atoms with E-state index in [4.69, 9.17) is 5.26 Å². The lowest BCUT2D eigenvalue weighted by Gasteiger charge is -2.08. The fourth-order valence-corrected chi connectivity index (χ4v) is 2.55. The van der Waals surface area contributed by atoms with Crippen LogP contribution in [0.25, 0.3) is 10.9 Å². The molecule has 0 atom stereocenters. The fraction of sp³-hybridized carbons (Fsp3) is 0.111. The van der Waals surface area contributed by atoms with Crippen molar-refractivity contribution in [3.8, 4) is 6.07 Å². The maximum Gasteiger partial charge on any atom is 0.416 e. The van der Waals surface area contributed by atoms with E-state index in [1.807, 2.05) is 24.3 Å². The summed E-state index contributed by atoms with van der Waals surface area (Å²) in [6.07, 6.45) is -2.71. The third-order valence-electron chi connectivity index (χ3n) is 3.59. The summed E-state index contributed by atoms with van der Waals surface area (Å²) in [6.45, 7) is 0.264. The highest BCUT2D eigenvalue weighted by Gasteiger charge is 2.30. The van der Waals surface area contributed by atoms with Crippen LogP contribution < -0.4 is 4.57 Å². The van der Waals surface area contributed by atoms with Crippen molar-refractivity contribution in [3.05, 3.63) is 77.5 Å². The number of rotatable bonds is 2. The number of hydrogen-bond acceptors (Lipinski definition) is 1. The number of hydrogen-bond donors (Lipinski definition) is 0. The zero-order valence-corrected chi connectivity index (χ0v) is 12.0. The first-order chi connectivity index (χ1) is 11.0. The Balaban J connectivity index is 2.07. The van der Waals surface area contributed by atoms with Gasteiger partial charge in [-0.05, 0) is 24.3 Å². The van der Waals surface area contributed by atoms with E-state index in [0.717, 1.165) is 23.0 Å². The number of aromatic nitrogens is 1. The van der Waals surface area contributed by atoms with Crippen molar-refractivity contribution in [2.24, 2.45) is 0 Å². The average molecular weight is 313 g/mol. The molecule has 0 aliphatic carbocycles. The molecule has 114 valence electrons. The molecule has 1 heterocycles. The van der Waals surface area contributed by atoms with Gasteiger partial charge in [0, 0.05) is 17.0 Å². The van der Waals surface area contributed by atoms with Gasteiger partial charge in [-0.25, -0.2) is 0 Å². The summed E-state index contributed by atoms with van der Waals surface area (Å²) < 4.78 is 40.3. The van der Waals surface area contributed by atoms with Crippen LogP contribution in [0.3, 0.4) is 0 Å². The Morgan fingerprint density at radius 1 is 1.00 bits per heavy atom. The summed E-state index contributed by atoms with van der Waals surface area (Å²) in [6, 6.07) is 16.6. The van der Waals surface area contributed by atoms with Gasteiger partial charge in [-0.3, -0.25) is 0 Å². The van der Waals surface area contributed by atoms with Crippen molar-refractivity contribution in [1.82, 2.24) is 0 Å². The van der Waals surface area contributed by atoms with Crippen molar-refractivity contribution >= 4 is 10.9 Å². The molecule has 23 heavy (non-hydrogen) atoms. The third-order valence-corrected chi connectivity index (χ3v) is 3.59. The first-order valence-electron chi connectivity index (χ1n) is 6.96. The smallest absolute Gasteiger partial charge is 0.193 e. The number of nitriles is 1. The molecule has 0 fully saturated rings. The van der Waals surface area contributed by atoms with Gasteiger partial charge in [0.15, 0.2) is 12.7 Å². The summed E-state index contributed by atoms with van der Waals surface area (Å²) in [7, 11) is 0. The van der Waals surface area contributed by atoms with E-state index < -0.39 is 11.7 Å². The molecule has 0 aliphatic heterocycles. The summed E-state index contributed by atoms with van der Waals surface area (Å²) >= 11 is 0. The van der Waals surface area contributed by atoms with Gasteiger partial charge < -0.3 is 0 Å². The lowest BCUT2D eigenvalue weighted by molar-refractivity contribution is -0.662. The van der Waals surface area contributed by atoms with Gasteiger partial charge >= 0.3 is 6.18 Å². The molecular weight excluding hydrogens is 301 g/mol. The van der Waals surface area contributed by atoms with Crippen LogP contribution in [0, 0.1) is 11.3 Å². The molecule has 0 N–H and O–H groups in total. The Morgan fingerprint density at radius 3 is 2.52 bits per heavy atom.